The maximum atomic E-state index is 5.96. The molecule has 2 aromatic rings. The van der Waals surface area contributed by atoms with Crippen LogP contribution in [0, 0.1) is 0 Å². The Morgan fingerprint density at radius 2 is 2.31 bits per heavy atom. The van der Waals surface area contributed by atoms with Crippen molar-refractivity contribution in [2.24, 2.45) is 0 Å². The molecule has 0 aliphatic carbocycles. The first-order valence-corrected chi connectivity index (χ1v) is 5.63. The van der Waals surface area contributed by atoms with E-state index in [0.29, 0.717) is 0 Å². The van der Waals surface area contributed by atoms with Gasteiger partial charge in [-0.05, 0) is 11.4 Å². The molecule has 0 radical (unpaired) electrons. The molecule has 2 rings (SSSR count). The van der Waals surface area contributed by atoms with Crippen molar-refractivity contribution in [1.29, 1.82) is 0 Å². The summed E-state index contributed by atoms with van der Waals surface area (Å²) in [4.78, 5) is 0.987. The third kappa shape index (κ3) is 1.67. The summed E-state index contributed by atoms with van der Waals surface area (Å²) in [6.45, 7) is 0. The molecular formula is C7H6ClN3S2. The molecule has 6 heteroatoms. The van der Waals surface area contributed by atoms with Crippen molar-refractivity contribution < 1.29 is 0 Å². The molecule has 0 aromatic carbocycles. The fourth-order valence-electron chi connectivity index (χ4n) is 0.862. The molecule has 2 aromatic heterocycles. The molecule has 68 valence electrons. The van der Waals surface area contributed by atoms with Gasteiger partial charge in [0.05, 0.1) is 9.90 Å². The average molecular weight is 232 g/mol. The summed E-state index contributed by atoms with van der Waals surface area (Å²) in [5, 5.41) is 15.2. The van der Waals surface area contributed by atoms with Crippen LogP contribution in [0.2, 0.25) is 5.02 Å². The van der Waals surface area contributed by atoms with Gasteiger partial charge < -0.3 is 5.32 Å². The number of thiophene rings is 1. The topological polar surface area (TPSA) is 37.8 Å². The summed E-state index contributed by atoms with van der Waals surface area (Å²) in [6, 6.07) is 1.86. The first-order valence-electron chi connectivity index (χ1n) is 3.56. The second-order valence-electron chi connectivity index (χ2n) is 2.26. The smallest absolute Gasteiger partial charge is 0.205 e. The van der Waals surface area contributed by atoms with E-state index in [-0.39, 0.29) is 0 Å². The highest BCUT2D eigenvalue weighted by atomic mass is 35.5. The molecule has 0 bridgehead atoms. The van der Waals surface area contributed by atoms with Crippen LogP contribution in [-0.2, 0) is 0 Å². The number of aromatic nitrogens is 2. The normalized spacial score (nSPS) is 10.3. The monoisotopic (exact) mass is 231 g/mol. The van der Waals surface area contributed by atoms with Crippen molar-refractivity contribution in [1.82, 2.24) is 10.2 Å². The van der Waals surface area contributed by atoms with E-state index in [1.807, 2.05) is 18.5 Å². The fourth-order valence-corrected chi connectivity index (χ4v) is 2.86. The standard InChI is InChI=1S/C7H6ClN3S2/c1-9-7-11-10-6(13-7)5-4(8)2-3-12-5/h2-3H,1H3,(H,9,11). The Labute approximate surface area is 88.4 Å². The Morgan fingerprint density at radius 1 is 1.46 bits per heavy atom. The van der Waals surface area contributed by atoms with Crippen LogP contribution < -0.4 is 5.32 Å². The summed E-state index contributed by atoms with van der Waals surface area (Å²) in [5.74, 6) is 0. The lowest BCUT2D eigenvalue weighted by Crippen LogP contribution is -1.84. The molecule has 0 atom stereocenters. The third-order valence-corrected chi connectivity index (χ3v) is 3.89. The number of rotatable bonds is 2. The van der Waals surface area contributed by atoms with Crippen LogP contribution in [0.4, 0.5) is 5.13 Å². The quantitative estimate of drug-likeness (QED) is 0.864. The zero-order valence-corrected chi connectivity index (χ0v) is 9.13. The first kappa shape index (κ1) is 8.93. The predicted octanol–water partition coefficient (Wildman–Crippen LogP) is 2.96. The van der Waals surface area contributed by atoms with Gasteiger partial charge in [-0.1, -0.05) is 22.9 Å². The second kappa shape index (κ2) is 3.61. The summed E-state index contributed by atoms with van der Waals surface area (Å²) in [5.41, 5.74) is 0. The lowest BCUT2D eigenvalue weighted by atomic mass is 10.5. The molecule has 0 unspecified atom stereocenters. The summed E-state index contributed by atoms with van der Waals surface area (Å²) in [7, 11) is 1.82. The highest BCUT2D eigenvalue weighted by Crippen LogP contribution is 2.35. The number of nitrogens with one attached hydrogen (secondary N) is 1. The lowest BCUT2D eigenvalue weighted by molar-refractivity contribution is 1.09. The van der Waals surface area contributed by atoms with E-state index in [2.05, 4.69) is 15.5 Å². The minimum Gasteiger partial charge on any atom is -0.363 e. The van der Waals surface area contributed by atoms with Crippen LogP contribution in [0.15, 0.2) is 11.4 Å². The molecule has 0 saturated carbocycles. The molecule has 1 N–H and O–H groups in total. The second-order valence-corrected chi connectivity index (χ2v) is 4.56. The van der Waals surface area contributed by atoms with Crippen LogP contribution in [0.25, 0.3) is 9.88 Å². The average Bonchev–Trinajstić information content (AvgIpc) is 2.71. The first-order chi connectivity index (χ1) is 6.31. The Kier molecular flexibility index (Phi) is 2.48. The zero-order chi connectivity index (χ0) is 9.26. The Morgan fingerprint density at radius 3 is 2.85 bits per heavy atom. The molecule has 0 spiro atoms. The van der Waals surface area contributed by atoms with Crippen molar-refractivity contribution in [2.75, 3.05) is 12.4 Å². The van der Waals surface area contributed by atoms with E-state index in [1.54, 1.807) is 11.3 Å². The number of nitrogens with zero attached hydrogens (tertiary/aromatic N) is 2. The van der Waals surface area contributed by atoms with Crippen LogP contribution in [-0.4, -0.2) is 17.2 Å². The molecule has 0 aliphatic rings. The SMILES string of the molecule is CNc1nnc(-c2sccc2Cl)s1. The van der Waals surface area contributed by atoms with Gasteiger partial charge in [0.2, 0.25) is 5.13 Å². The summed E-state index contributed by atoms with van der Waals surface area (Å²) >= 11 is 9.03. The molecule has 2 heterocycles. The van der Waals surface area contributed by atoms with Crippen molar-refractivity contribution in [3.05, 3.63) is 16.5 Å². The number of anilines is 1. The maximum absolute atomic E-state index is 5.96. The van der Waals surface area contributed by atoms with E-state index in [0.717, 1.165) is 20.0 Å². The van der Waals surface area contributed by atoms with Gasteiger partial charge in [-0.15, -0.1) is 21.5 Å². The van der Waals surface area contributed by atoms with Crippen LogP contribution in [0.3, 0.4) is 0 Å². The van der Waals surface area contributed by atoms with Gasteiger partial charge in [-0.3, -0.25) is 0 Å². The van der Waals surface area contributed by atoms with Gasteiger partial charge >= 0.3 is 0 Å². The van der Waals surface area contributed by atoms with Crippen LogP contribution in [0.1, 0.15) is 0 Å². The Hall–Kier alpha value is -0.650. The predicted molar refractivity (Wildman–Crippen MR) is 57.8 cm³/mol. The molecule has 0 saturated heterocycles. The maximum Gasteiger partial charge on any atom is 0.205 e. The van der Waals surface area contributed by atoms with Gasteiger partial charge in [0.15, 0.2) is 5.01 Å². The third-order valence-electron chi connectivity index (χ3n) is 1.45. The van der Waals surface area contributed by atoms with Crippen molar-refractivity contribution in [3.8, 4) is 9.88 Å². The van der Waals surface area contributed by atoms with Gasteiger partial charge in [0.1, 0.15) is 0 Å². The van der Waals surface area contributed by atoms with Crippen LogP contribution >= 0.6 is 34.3 Å². The van der Waals surface area contributed by atoms with Crippen molar-refractivity contribution >= 4 is 39.4 Å². The minimum absolute atomic E-state index is 0.740. The largest absolute Gasteiger partial charge is 0.363 e. The Bertz CT molecular complexity index is 409. The Balaban J connectivity index is 2.41. The molecule has 0 amide bonds. The van der Waals surface area contributed by atoms with E-state index < -0.39 is 0 Å². The van der Waals surface area contributed by atoms with Gasteiger partial charge in [0, 0.05) is 7.05 Å². The molecule has 3 nitrogen and oxygen atoms in total. The van der Waals surface area contributed by atoms with E-state index in [1.165, 1.54) is 11.3 Å². The molecular weight excluding hydrogens is 226 g/mol. The molecule has 0 aliphatic heterocycles. The highest BCUT2D eigenvalue weighted by Gasteiger charge is 2.10. The highest BCUT2D eigenvalue weighted by molar-refractivity contribution is 7.23. The van der Waals surface area contributed by atoms with Crippen molar-refractivity contribution in [3.63, 3.8) is 0 Å². The van der Waals surface area contributed by atoms with E-state index in [4.69, 9.17) is 11.6 Å². The summed E-state index contributed by atoms with van der Waals surface area (Å²) in [6.07, 6.45) is 0. The minimum atomic E-state index is 0.740. The van der Waals surface area contributed by atoms with Crippen molar-refractivity contribution in [2.45, 2.75) is 0 Å². The van der Waals surface area contributed by atoms with Gasteiger partial charge in [-0.25, -0.2) is 0 Å². The fraction of sp³-hybridized carbons (Fsp3) is 0.143. The molecule has 13 heavy (non-hydrogen) atoms. The van der Waals surface area contributed by atoms with Gasteiger partial charge in [0.25, 0.3) is 0 Å². The zero-order valence-electron chi connectivity index (χ0n) is 6.74. The molecule has 0 fully saturated rings. The lowest BCUT2D eigenvalue weighted by Gasteiger charge is -1.88. The van der Waals surface area contributed by atoms with E-state index in [9.17, 15) is 0 Å². The number of hydrogen-bond donors (Lipinski definition) is 1. The summed E-state index contributed by atoms with van der Waals surface area (Å²) < 4.78 is 0. The van der Waals surface area contributed by atoms with Crippen LogP contribution in [0.5, 0.6) is 0 Å². The van der Waals surface area contributed by atoms with E-state index >= 15 is 0 Å². The number of halogens is 1. The van der Waals surface area contributed by atoms with Gasteiger partial charge in [-0.2, -0.15) is 0 Å². The number of hydrogen-bond acceptors (Lipinski definition) is 5.